The first-order valence-electron chi connectivity index (χ1n) is 11.4. The third-order valence-electron chi connectivity index (χ3n) is 5.91. The van der Waals surface area contributed by atoms with Crippen molar-refractivity contribution in [2.45, 2.75) is 52.6 Å². The largest absolute Gasteiger partial charge is 0.365 e. The van der Waals surface area contributed by atoms with Crippen LogP contribution >= 0.6 is 11.3 Å². The summed E-state index contributed by atoms with van der Waals surface area (Å²) in [6.07, 6.45) is -7.75. The predicted octanol–water partition coefficient (Wildman–Crippen LogP) is 5.80. The number of aryl methyl sites for hydroxylation is 2. The summed E-state index contributed by atoms with van der Waals surface area (Å²) in [6.45, 7) is 5.06. The zero-order valence-electron chi connectivity index (χ0n) is 20.6. The van der Waals surface area contributed by atoms with E-state index in [9.17, 15) is 35.9 Å². The van der Waals surface area contributed by atoms with Crippen molar-refractivity contribution < 1.29 is 35.9 Å². The standard InChI is InChI=1S/C23H21F6N7O2S/c1-4-35-7-11(8(2)33-35)10-5-12(18(24)25)31-23-15(10)16(17(39-23)21(30)37)32-22(38)9(3)36-14(20(28)29)6-13(34-36)19(26)27/h5-7,9,18-20H,4H2,1-3H3,(H2,30,37)(H,32,38). The lowest BCUT2D eigenvalue weighted by Crippen LogP contribution is -2.27. The lowest BCUT2D eigenvalue weighted by molar-refractivity contribution is -0.119. The Morgan fingerprint density at radius 3 is 2.23 bits per heavy atom. The number of carbonyl (C=O) groups excluding carboxylic acids is 2. The summed E-state index contributed by atoms with van der Waals surface area (Å²) in [5, 5.41) is 10.3. The van der Waals surface area contributed by atoms with Crippen LogP contribution in [0.25, 0.3) is 21.3 Å². The molecule has 2 amide bonds. The first-order chi connectivity index (χ1) is 18.3. The summed E-state index contributed by atoms with van der Waals surface area (Å²) < 4.78 is 82.8. The van der Waals surface area contributed by atoms with Crippen LogP contribution in [-0.2, 0) is 11.3 Å². The average molecular weight is 574 g/mol. The number of thiophene rings is 1. The summed E-state index contributed by atoms with van der Waals surface area (Å²) >= 11 is 0.654. The number of halogens is 6. The number of alkyl halides is 6. The molecule has 4 aromatic rings. The van der Waals surface area contributed by atoms with Crippen LogP contribution in [0, 0.1) is 6.92 Å². The molecule has 4 heterocycles. The Balaban J connectivity index is 1.89. The van der Waals surface area contributed by atoms with Gasteiger partial charge in [0, 0.05) is 23.7 Å². The van der Waals surface area contributed by atoms with Gasteiger partial charge in [-0.15, -0.1) is 11.3 Å². The second-order valence-electron chi connectivity index (χ2n) is 8.44. The van der Waals surface area contributed by atoms with Crippen LogP contribution in [0.2, 0.25) is 0 Å². The fourth-order valence-electron chi connectivity index (χ4n) is 4.03. The Morgan fingerprint density at radius 2 is 1.69 bits per heavy atom. The van der Waals surface area contributed by atoms with Crippen LogP contribution in [0.1, 0.15) is 71.6 Å². The molecular formula is C23H21F6N7O2S. The Morgan fingerprint density at radius 1 is 1.03 bits per heavy atom. The normalized spacial score (nSPS) is 12.7. The molecule has 0 spiro atoms. The number of hydrogen-bond donors (Lipinski definition) is 2. The van der Waals surface area contributed by atoms with Gasteiger partial charge in [0.15, 0.2) is 0 Å². The van der Waals surface area contributed by atoms with Crippen LogP contribution in [0.4, 0.5) is 32.0 Å². The number of amides is 2. The number of carbonyl (C=O) groups is 2. The summed E-state index contributed by atoms with van der Waals surface area (Å²) in [4.78, 5) is 29.2. The number of pyridine rings is 1. The topological polar surface area (TPSA) is 121 Å². The van der Waals surface area contributed by atoms with Crippen molar-refractivity contribution in [3.8, 4) is 11.1 Å². The van der Waals surface area contributed by atoms with Crippen molar-refractivity contribution in [2.24, 2.45) is 5.73 Å². The van der Waals surface area contributed by atoms with Gasteiger partial charge in [0.2, 0.25) is 5.91 Å². The first-order valence-corrected chi connectivity index (χ1v) is 12.2. The van der Waals surface area contributed by atoms with E-state index in [-0.39, 0.29) is 26.3 Å². The molecule has 1 atom stereocenters. The molecule has 16 heteroatoms. The molecule has 208 valence electrons. The molecule has 4 aromatic heterocycles. The monoisotopic (exact) mass is 573 g/mol. The maximum Gasteiger partial charge on any atom is 0.282 e. The summed E-state index contributed by atoms with van der Waals surface area (Å²) in [6, 6.07) is 0.0551. The quantitative estimate of drug-likeness (QED) is 0.245. The highest BCUT2D eigenvalue weighted by atomic mass is 32.1. The smallest absolute Gasteiger partial charge is 0.282 e. The molecule has 0 saturated heterocycles. The SMILES string of the molecule is CCn1cc(-c2cc(C(F)F)nc3sc(C(N)=O)c(NC(=O)C(C)n4nc(C(F)F)cc4C(F)F)c23)c(C)n1. The molecule has 0 saturated carbocycles. The fourth-order valence-corrected chi connectivity index (χ4v) is 5.04. The Bertz CT molecular complexity index is 1560. The van der Waals surface area contributed by atoms with Gasteiger partial charge in [-0.2, -0.15) is 10.2 Å². The maximum atomic E-state index is 13.7. The molecule has 0 aliphatic carbocycles. The van der Waals surface area contributed by atoms with Crippen LogP contribution in [0.5, 0.6) is 0 Å². The van der Waals surface area contributed by atoms with Crippen molar-refractivity contribution >= 4 is 39.1 Å². The summed E-state index contributed by atoms with van der Waals surface area (Å²) in [7, 11) is 0. The lowest BCUT2D eigenvalue weighted by atomic mass is 10.0. The van der Waals surface area contributed by atoms with Crippen molar-refractivity contribution in [3.05, 3.63) is 46.0 Å². The summed E-state index contributed by atoms with van der Waals surface area (Å²) in [5.74, 6) is -2.02. The number of primary amides is 1. The number of anilines is 1. The van der Waals surface area contributed by atoms with Gasteiger partial charge >= 0.3 is 0 Å². The van der Waals surface area contributed by atoms with E-state index < -0.39 is 54.2 Å². The number of fused-ring (bicyclic) bond motifs is 1. The van der Waals surface area contributed by atoms with E-state index in [0.29, 0.717) is 39.9 Å². The zero-order valence-corrected chi connectivity index (χ0v) is 21.4. The molecule has 0 bridgehead atoms. The Kier molecular flexibility index (Phi) is 7.68. The molecule has 4 rings (SSSR count). The number of rotatable bonds is 9. The van der Waals surface area contributed by atoms with Gasteiger partial charge in [0.05, 0.1) is 11.4 Å². The van der Waals surface area contributed by atoms with E-state index >= 15 is 0 Å². The molecule has 39 heavy (non-hydrogen) atoms. The van der Waals surface area contributed by atoms with Crippen molar-refractivity contribution in [3.63, 3.8) is 0 Å². The van der Waals surface area contributed by atoms with E-state index in [2.05, 4.69) is 20.5 Å². The minimum absolute atomic E-state index is 0.0458. The minimum Gasteiger partial charge on any atom is -0.365 e. The van der Waals surface area contributed by atoms with Gasteiger partial charge in [-0.1, -0.05) is 0 Å². The summed E-state index contributed by atoms with van der Waals surface area (Å²) in [5.41, 5.74) is 3.91. The molecule has 0 aromatic carbocycles. The third-order valence-corrected chi connectivity index (χ3v) is 7.01. The van der Waals surface area contributed by atoms with Crippen molar-refractivity contribution in [1.82, 2.24) is 24.5 Å². The van der Waals surface area contributed by atoms with Gasteiger partial charge in [-0.25, -0.2) is 31.3 Å². The van der Waals surface area contributed by atoms with Crippen LogP contribution in [-0.4, -0.2) is 36.4 Å². The number of nitrogens with one attached hydrogen (secondary N) is 1. The molecule has 3 N–H and O–H groups in total. The lowest BCUT2D eigenvalue weighted by Gasteiger charge is -2.16. The minimum atomic E-state index is -3.22. The van der Waals surface area contributed by atoms with Gasteiger partial charge in [0.25, 0.3) is 25.2 Å². The van der Waals surface area contributed by atoms with E-state index in [4.69, 9.17) is 5.73 Å². The zero-order chi connectivity index (χ0) is 28.8. The van der Waals surface area contributed by atoms with Gasteiger partial charge < -0.3 is 11.1 Å². The molecule has 0 fully saturated rings. The number of nitrogens with zero attached hydrogens (tertiary/aromatic N) is 5. The molecular weight excluding hydrogens is 552 g/mol. The maximum absolute atomic E-state index is 13.7. The first kappa shape index (κ1) is 28.1. The van der Waals surface area contributed by atoms with E-state index in [1.54, 1.807) is 17.8 Å². The van der Waals surface area contributed by atoms with Crippen molar-refractivity contribution in [1.29, 1.82) is 0 Å². The number of aromatic nitrogens is 5. The highest BCUT2D eigenvalue weighted by molar-refractivity contribution is 7.21. The van der Waals surface area contributed by atoms with Gasteiger partial charge in [-0.05, 0) is 38.5 Å². The number of hydrogen-bond acceptors (Lipinski definition) is 6. The third kappa shape index (κ3) is 5.20. The second kappa shape index (κ2) is 10.7. The van der Waals surface area contributed by atoms with E-state index in [0.717, 1.165) is 13.0 Å². The molecule has 0 aliphatic heterocycles. The fraction of sp³-hybridized carbons (Fsp3) is 0.348. The van der Waals surface area contributed by atoms with E-state index in [1.165, 1.54) is 0 Å². The number of nitrogens with two attached hydrogens (primary N) is 1. The predicted molar refractivity (Wildman–Crippen MR) is 130 cm³/mol. The molecule has 1 unspecified atom stereocenters. The molecule has 9 nitrogen and oxygen atoms in total. The Labute approximate surface area is 220 Å². The van der Waals surface area contributed by atoms with E-state index in [1.807, 2.05) is 6.92 Å². The second-order valence-corrected chi connectivity index (χ2v) is 9.43. The Hall–Kier alpha value is -3.95. The highest BCUT2D eigenvalue weighted by Gasteiger charge is 2.30. The highest BCUT2D eigenvalue weighted by Crippen LogP contribution is 2.43. The molecule has 0 radical (unpaired) electrons. The van der Waals surface area contributed by atoms with Crippen LogP contribution in [0.15, 0.2) is 18.3 Å². The van der Waals surface area contributed by atoms with Gasteiger partial charge in [0.1, 0.15) is 32.8 Å². The molecule has 0 aliphatic rings. The van der Waals surface area contributed by atoms with Crippen LogP contribution < -0.4 is 11.1 Å². The van der Waals surface area contributed by atoms with Crippen molar-refractivity contribution in [2.75, 3.05) is 5.32 Å². The van der Waals surface area contributed by atoms with Crippen LogP contribution in [0.3, 0.4) is 0 Å². The van der Waals surface area contributed by atoms with Gasteiger partial charge in [-0.3, -0.25) is 19.0 Å². The average Bonchev–Trinajstić information content (AvgIpc) is 3.58.